The molecule has 0 saturated heterocycles. The number of para-hydroxylation sites is 1. The zero-order valence-corrected chi connectivity index (χ0v) is 11.8. The van der Waals surface area contributed by atoms with Crippen molar-refractivity contribution in [1.29, 1.82) is 0 Å². The summed E-state index contributed by atoms with van der Waals surface area (Å²) in [7, 11) is 1.15. The predicted molar refractivity (Wildman–Crippen MR) is 73.0 cm³/mol. The molecule has 0 heterocycles. The molecule has 0 radical (unpaired) electrons. The first-order valence-corrected chi connectivity index (χ1v) is 7.10. The van der Waals surface area contributed by atoms with Gasteiger partial charge in [-0.1, -0.05) is 18.2 Å². The van der Waals surface area contributed by atoms with Crippen LogP contribution in [0.3, 0.4) is 0 Å². The molecule has 1 amide bonds. The summed E-state index contributed by atoms with van der Waals surface area (Å²) in [5, 5.41) is 0. The van der Waals surface area contributed by atoms with E-state index in [1.165, 1.54) is 11.8 Å². The van der Waals surface area contributed by atoms with Gasteiger partial charge in [-0.05, 0) is 12.1 Å². The fourth-order valence-electron chi connectivity index (χ4n) is 1.36. The SMILES string of the molecule is CN(CC(F)(F)F)C(=O)CSCCOc1ccccc1. The first kappa shape index (κ1) is 16.7. The van der Waals surface area contributed by atoms with E-state index >= 15 is 0 Å². The molecule has 0 aliphatic carbocycles. The molecule has 7 heteroatoms. The summed E-state index contributed by atoms with van der Waals surface area (Å²) in [5.74, 6) is 0.756. The van der Waals surface area contributed by atoms with E-state index in [-0.39, 0.29) is 5.75 Å². The molecule has 1 aromatic rings. The predicted octanol–water partition coefficient (Wildman–Crippen LogP) is 2.82. The van der Waals surface area contributed by atoms with Crippen LogP contribution in [0.1, 0.15) is 0 Å². The van der Waals surface area contributed by atoms with Crippen LogP contribution in [-0.2, 0) is 4.79 Å². The number of benzene rings is 1. The van der Waals surface area contributed by atoms with E-state index < -0.39 is 18.6 Å². The summed E-state index contributed by atoms with van der Waals surface area (Å²) in [5.41, 5.74) is 0. The molecule has 3 nitrogen and oxygen atoms in total. The van der Waals surface area contributed by atoms with E-state index in [2.05, 4.69) is 0 Å². The Kier molecular flexibility index (Phi) is 6.70. The Bertz CT molecular complexity index is 412. The Morgan fingerprint density at radius 3 is 2.55 bits per heavy atom. The average molecular weight is 307 g/mol. The Morgan fingerprint density at radius 1 is 1.30 bits per heavy atom. The molecule has 0 unspecified atom stereocenters. The first-order chi connectivity index (χ1) is 9.38. The molecule has 0 saturated carbocycles. The highest BCUT2D eigenvalue weighted by atomic mass is 32.2. The van der Waals surface area contributed by atoms with Crippen LogP contribution in [0.2, 0.25) is 0 Å². The van der Waals surface area contributed by atoms with Gasteiger partial charge in [-0.2, -0.15) is 13.2 Å². The van der Waals surface area contributed by atoms with Crippen molar-refractivity contribution >= 4 is 17.7 Å². The minimum absolute atomic E-state index is 0.0186. The van der Waals surface area contributed by atoms with Gasteiger partial charge in [0.1, 0.15) is 12.3 Å². The van der Waals surface area contributed by atoms with Gasteiger partial charge in [-0.15, -0.1) is 11.8 Å². The molecule has 1 rings (SSSR count). The lowest BCUT2D eigenvalue weighted by atomic mass is 10.3. The van der Waals surface area contributed by atoms with Crippen LogP contribution in [0.4, 0.5) is 13.2 Å². The normalized spacial score (nSPS) is 11.2. The van der Waals surface area contributed by atoms with Crippen LogP contribution in [0.25, 0.3) is 0 Å². The number of carbonyl (C=O) groups is 1. The lowest BCUT2D eigenvalue weighted by molar-refractivity contribution is -0.156. The second kappa shape index (κ2) is 8.04. The summed E-state index contributed by atoms with van der Waals surface area (Å²) in [4.78, 5) is 12.1. The number of rotatable bonds is 7. The van der Waals surface area contributed by atoms with Gasteiger partial charge < -0.3 is 9.64 Å². The maximum atomic E-state index is 12.1. The molecular weight excluding hydrogens is 291 g/mol. The van der Waals surface area contributed by atoms with E-state index in [0.717, 1.165) is 12.8 Å². The number of ether oxygens (including phenoxy) is 1. The number of hydrogen-bond acceptors (Lipinski definition) is 3. The molecule has 0 aromatic heterocycles. The van der Waals surface area contributed by atoms with Gasteiger partial charge in [0.25, 0.3) is 0 Å². The second-order valence-corrected chi connectivity index (χ2v) is 5.18. The smallest absolute Gasteiger partial charge is 0.406 e. The highest BCUT2D eigenvalue weighted by Gasteiger charge is 2.30. The van der Waals surface area contributed by atoms with Crippen molar-refractivity contribution in [1.82, 2.24) is 4.90 Å². The monoisotopic (exact) mass is 307 g/mol. The van der Waals surface area contributed by atoms with Crippen molar-refractivity contribution in [3.8, 4) is 5.75 Å². The third-order valence-electron chi connectivity index (χ3n) is 2.31. The van der Waals surface area contributed by atoms with E-state index in [9.17, 15) is 18.0 Å². The maximum Gasteiger partial charge on any atom is 0.406 e. The van der Waals surface area contributed by atoms with Crippen LogP contribution in [0, 0.1) is 0 Å². The molecule has 0 atom stereocenters. The second-order valence-electron chi connectivity index (χ2n) is 4.08. The molecule has 20 heavy (non-hydrogen) atoms. The zero-order chi connectivity index (χ0) is 15.0. The fraction of sp³-hybridized carbons (Fsp3) is 0.462. The van der Waals surface area contributed by atoms with Crippen molar-refractivity contribution in [3.05, 3.63) is 30.3 Å². The van der Waals surface area contributed by atoms with E-state index in [4.69, 9.17) is 4.74 Å². The third-order valence-corrected chi connectivity index (χ3v) is 3.21. The molecule has 0 fully saturated rings. The average Bonchev–Trinajstić information content (AvgIpc) is 2.37. The standard InChI is InChI=1S/C13H16F3NO2S/c1-17(10-13(14,15)16)12(18)9-20-8-7-19-11-5-3-2-4-6-11/h2-6H,7-10H2,1H3. The molecule has 1 aromatic carbocycles. The highest BCUT2D eigenvalue weighted by molar-refractivity contribution is 7.99. The van der Waals surface area contributed by atoms with E-state index in [1.54, 1.807) is 0 Å². The Balaban J connectivity index is 2.13. The fourth-order valence-corrected chi connectivity index (χ4v) is 2.10. The molecule has 0 bridgehead atoms. The maximum absolute atomic E-state index is 12.1. The van der Waals surface area contributed by atoms with Crippen molar-refractivity contribution in [2.75, 3.05) is 31.7 Å². The molecule has 0 spiro atoms. The molecule has 0 N–H and O–H groups in total. The van der Waals surface area contributed by atoms with E-state index in [0.29, 0.717) is 17.3 Å². The van der Waals surface area contributed by atoms with Crippen LogP contribution in [0.15, 0.2) is 30.3 Å². The topological polar surface area (TPSA) is 29.5 Å². The van der Waals surface area contributed by atoms with Crippen molar-refractivity contribution < 1.29 is 22.7 Å². The zero-order valence-electron chi connectivity index (χ0n) is 11.0. The van der Waals surface area contributed by atoms with Crippen molar-refractivity contribution in [3.63, 3.8) is 0 Å². The Labute approximate surface area is 120 Å². The molecule has 112 valence electrons. The number of thioether (sulfide) groups is 1. The lowest BCUT2D eigenvalue weighted by Gasteiger charge is -2.18. The van der Waals surface area contributed by atoms with Crippen LogP contribution in [-0.4, -0.2) is 48.7 Å². The Morgan fingerprint density at radius 2 is 1.95 bits per heavy atom. The van der Waals surface area contributed by atoms with Gasteiger partial charge in [-0.25, -0.2) is 0 Å². The minimum Gasteiger partial charge on any atom is -0.493 e. The third kappa shape index (κ3) is 7.28. The number of nitrogens with zero attached hydrogens (tertiary/aromatic N) is 1. The highest BCUT2D eigenvalue weighted by Crippen LogP contribution is 2.16. The minimum atomic E-state index is -4.36. The summed E-state index contributed by atoms with van der Waals surface area (Å²) in [6.45, 7) is -0.808. The Hall–Kier alpha value is -1.37. The lowest BCUT2D eigenvalue weighted by Crippen LogP contribution is -2.36. The number of carbonyl (C=O) groups excluding carboxylic acids is 1. The number of hydrogen-bond donors (Lipinski definition) is 0. The van der Waals surface area contributed by atoms with Gasteiger partial charge in [0, 0.05) is 12.8 Å². The number of halogens is 3. The summed E-state index contributed by atoms with van der Waals surface area (Å²) in [6.07, 6.45) is -4.36. The van der Waals surface area contributed by atoms with Crippen LogP contribution >= 0.6 is 11.8 Å². The summed E-state index contributed by atoms with van der Waals surface area (Å²) < 4.78 is 41.6. The first-order valence-electron chi connectivity index (χ1n) is 5.95. The van der Waals surface area contributed by atoms with Gasteiger partial charge in [0.2, 0.25) is 5.91 Å². The molecular formula is C13H16F3NO2S. The van der Waals surface area contributed by atoms with Gasteiger partial charge in [0.05, 0.1) is 12.4 Å². The molecule has 0 aliphatic heterocycles. The van der Waals surface area contributed by atoms with Crippen molar-refractivity contribution in [2.24, 2.45) is 0 Å². The number of alkyl halides is 3. The van der Waals surface area contributed by atoms with Crippen LogP contribution in [0.5, 0.6) is 5.75 Å². The van der Waals surface area contributed by atoms with Gasteiger partial charge >= 0.3 is 6.18 Å². The molecule has 0 aliphatic rings. The number of amides is 1. The van der Waals surface area contributed by atoms with Crippen molar-refractivity contribution in [2.45, 2.75) is 6.18 Å². The summed E-state index contributed by atoms with van der Waals surface area (Å²) in [6, 6.07) is 9.19. The quantitative estimate of drug-likeness (QED) is 0.726. The summed E-state index contributed by atoms with van der Waals surface area (Å²) >= 11 is 1.25. The van der Waals surface area contributed by atoms with E-state index in [1.807, 2.05) is 30.3 Å². The van der Waals surface area contributed by atoms with Gasteiger partial charge in [0.15, 0.2) is 0 Å². The van der Waals surface area contributed by atoms with Crippen LogP contribution < -0.4 is 4.74 Å². The van der Waals surface area contributed by atoms with Gasteiger partial charge in [-0.3, -0.25) is 4.79 Å². The largest absolute Gasteiger partial charge is 0.493 e.